The van der Waals surface area contributed by atoms with Crippen molar-refractivity contribution in [1.29, 1.82) is 0 Å². The highest BCUT2D eigenvalue weighted by Gasteiger charge is 2.36. The van der Waals surface area contributed by atoms with Crippen molar-refractivity contribution in [3.63, 3.8) is 0 Å². The number of aromatic nitrogens is 1. The maximum absolute atomic E-state index is 12.1. The summed E-state index contributed by atoms with van der Waals surface area (Å²) < 4.78 is 13.3. The lowest BCUT2D eigenvalue weighted by Gasteiger charge is -2.28. The van der Waals surface area contributed by atoms with E-state index in [2.05, 4.69) is 4.57 Å². The van der Waals surface area contributed by atoms with Gasteiger partial charge in [-0.1, -0.05) is 0 Å². The van der Waals surface area contributed by atoms with E-state index in [4.69, 9.17) is 21.1 Å². The van der Waals surface area contributed by atoms with Gasteiger partial charge in [0, 0.05) is 37.1 Å². The smallest absolute Gasteiger partial charge is 0.182 e. The van der Waals surface area contributed by atoms with Crippen LogP contribution in [0.3, 0.4) is 0 Å². The lowest BCUT2D eigenvalue weighted by molar-refractivity contribution is -0.0301. The molecule has 0 spiro atoms. The van der Waals surface area contributed by atoms with E-state index in [1.807, 2.05) is 19.9 Å². The molecule has 0 amide bonds. The topological polar surface area (TPSA) is 40.5 Å². The molecule has 1 aromatic rings. The van der Waals surface area contributed by atoms with Crippen LogP contribution in [0.15, 0.2) is 6.07 Å². The average molecular weight is 300 g/mol. The number of carbonyl (C=O) groups excluding carboxylic acids is 1. The summed E-state index contributed by atoms with van der Waals surface area (Å²) in [5.74, 6) is -0.0276. The number of hydrogen-bond acceptors (Lipinski definition) is 3. The predicted octanol–water partition coefficient (Wildman–Crippen LogP) is 2.72. The Morgan fingerprint density at radius 1 is 1.60 bits per heavy atom. The second kappa shape index (κ2) is 5.88. The number of methoxy groups -OCH3 is 1. The summed E-state index contributed by atoms with van der Waals surface area (Å²) in [6, 6.07) is 1.91. The highest BCUT2D eigenvalue weighted by Crippen LogP contribution is 2.28. The molecule has 112 valence electrons. The molecule has 1 aromatic heterocycles. The Bertz CT molecular complexity index is 501. The molecular formula is C15H22ClNO3. The van der Waals surface area contributed by atoms with Gasteiger partial charge in [-0.05, 0) is 26.8 Å². The monoisotopic (exact) mass is 299 g/mol. The number of hydrogen-bond donors (Lipinski definition) is 0. The van der Waals surface area contributed by atoms with E-state index in [1.165, 1.54) is 0 Å². The van der Waals surface area contributed by atoms with E-state index in [0.717, 1.165) is 24.4 Å². The van der Waals surface area contributed by atoms with Gasteiger partial charge in [-0.25, -0.2) is 0 Å². The van der Waals surface area contributed by atoms with Crippen molar-refractivity contribution < 1.29 is 14.3 Å². The molecule has 1 aliphatic rings. The standard InChI is InChI=1S/C15H22ClNO3/c1-10-7-13(14(18)11(2)16)12(3)17(10)8-15(19-4)5-6-20-9-15/h7,11H,5-6,8-9H2,1-4H3. The number of ketones is 1. The van der Waals surface area contributed by atoms with E-state index in [-0.39, 0.29) is 11.4 Å². The van der Waals surface area contributed by atoms with Crippen LogP contribution in [-0.4, -0.2) is 41.7 Å². The summed E-state index contributed by atoms with van der Waals surface area (Å²) in [6.07, 6.45) is 0.871. The van der Waals surface area contributed by atoms with Crippen molar-refractivity contribution in [2.24, 2.45) is 0 Å². The van der Waals surface area contributed by atoms with Crippen molar-refractivity contribution in [3.8, 4) is 0 Å². The Hall–Kier alpha value is -0.840. The maximum Gasteiger partial charge on any atom is 0.182 e. The van der Waals surface area contributed by atoms with Crippen LogP contribution >= 0.6 is 11.6 Å². The molecule has 0 aromatic carbocycles. The van der Waals surface area contributed by atoms with Crippen molar-refractivity contribution >= 4 is 17.4 Å². The number of rotatable bonds is 5. The number of nitrogens with zero attached hydrogens (tertiary/aromatic N) is 1. The normalized spacial score (nSPS) is 24.1. The van der Waals surface area contributed by atoms with Gasteiger partial charge in [-0.2, -0.15) is 0 Å². The molecule has 0 saturated carbocycles. The van der Waals surface area contributed by atoms with Crippen LogP contribution in [0.25, 0.3) is 0 Å². The molecule has 0 N–H and O–H groups in total. The zero-order valence-corrected chi connectivity index (χ0v) is 13.3. The number of Topliss-reactive ketones (excluding diaryl/α,β-unsaturated/α-hetero) is 1. The minimum atomic E-state index is -0.504. The number of ether oxygens (including phenoxy) is 2. The van der Waals surface area contributed by atoms with E-state index < -0.39 is 5.38 Å². The zero-order chi connectivity index (χ0) is 14.9. The lowest BCUT2D eigenvalue weighted by atomic mass is 10.0. The molecule has 20 heavy (non-hydrogen) atoms. The van der Waals surface area contributed by atoms with Gasteiger partial charge in [-0.15, -0.1) is 11.6 Å². The van der Waals surface area contributed by atoms with Crippen LogP contribution in [-0.2, 0) is 16.0 Å². The van der Waals surface area contributed by atoms with Gasteiger partial charge in [0.05, 0.1) is 18.5 Å². The predicted molar refractivity (Wildman–Crippen MR) is 78.7 cm³/mol. The van der Waals surface area contributed by atoms with Crippen molar-refractivity contribution in [1.82, 2.24) is 4.57 Å². The molecule has 0 radical (unpaired) electrons. The zero-order valence-electron chi connectivity index (χ0n) is 12.5. The Labute approximate surface area is 125 Å². The SMILES string of the molecule is COC1(Cn2c(C)cc(C(=O)C(C)Cl)c2C)CCOC1. The first-order chi connectivity index (χ1) is 9.40. The van der Waals surface area contributed by atoms with E-state index in [9.17, 15) is 4.79 Å². The molecule has 0 bridgehead atoms. The third kappa shape index (κ3) is 2.78. The quantitative estimate of drug-likeness (QED) is 0.620. The fourth-order valence-electron chi connectivity index (χ4n) is 2.74. The first kappa shape index (κ1) is 15.5. The van der Waals surface area contributed by atoms with Crippen LogP contribution in [0, 0.1) is 13.8 Å². The lowest BCUT2D eigenvalue weighted by Crippen LogP contribution is -2.37. The molecule has 2 rings (SSSR count). The molecule has 2 unspecified atom stereocenters. The molecule has 2 heterocycles. The summed E-state index contributed by atoms with van der Waals surface area (Å²) >= 11 is 5.92. The molecule has 1 aliphatic heterocycles. The Kier molecular flexibility index (Phi) is 4.57. The molecule has 2 atom stereocenters. The largest absolute Gasteiger partial charge is 0.378 e. The fraction of sp³-hybridized carbons (Fsp3) is 0.667. The molecule has 5 heteroatoms. The average Bonchev–Trinajstić information content (AvgIpc) is 2.99. The van der Waals surface area contributed by atoms with Gasteiger partial charge < -0.3 is 14.0 Å². The first-order valence-electron chi connectivity index (χ1n) is 6.88. The number of aryl methyl sites for hydroxylation is 1. The van der Waals surface area contributed by atoms with Crippen LogP contribution in [0.4, 0.5) is 0 Å². The third-order valence-corrected chi connectivity index (χ3v) is 4.34. The van der Waals surface area contributed by atoms with Crippen LogP contribution in [0.2, 0.25) is 0 Å². The van der Waals surface area contributed by atoms with Crippen LogP contribution in [0.5, 0.6) is 0 Å². The van der Waals surface area contributed by atoms with Gasteiger partial charge in [0.25, 0.3) is 0 Å². The molecule has 1 saturated heterocycles. The molecular weight excluding hydrogens is 278 g/mol. The molecule has 0 aliphatic carbocycles. The summed E-state index contributed by atoms with van der Waals surface area (Å²) in [5, 5.41) is -0.504. The summed E-state index contributed by atoms with van der Waals surface area (Å²) in [5.41, 5.74) is 2.41. The van der Waals surface area contributed by atoms with Gasteiger partial charge in [0.1, 0.15) is 5.60 Å². The molecule has 1 fully saturated rings. The number of carbonyl (C=O) groups is 1. The van der Waals surface area contributed by atoms with E-state index in [0.29, 0.717) is 18.7 Å². The van der Waals surface area contributed by atoms with Crippen molar-refractivity contribution in [2.75, 3.05) is 20.3 Å². The summed E-state index contributed by atoms with van der Waals surface area (Å²) in [7, 11) is 1.72. The number of halogens is 1. The third-order valence-electron chi connectivity index (χ3n) is 4.15. The minimum Gasteiger partial charge on any atom is -0.378 e. The second-order valence-corrected chi connectivity index (χ2v) is 6.20. The first-order valence-corrected chi connectivity index (χ1v) is 7.32. The van der Waals surface area contributed by atoms with Crippen molar-refractivity contribution in [3.05, 3.63) is 23.0 Å². The van der Waals surface area contributed by atoms with Crippen molar-refractivity contribution in [2.45, 2.75) is 44.7 Å². The van der Waals surface area contributed by atoms with Gasteiger partial charge in [-0.3, -0.25) is 4.79 Å². The Morgan fingerprint density at radius 2 is 2.30 bits per heavy atom. The van der Waals surface area contributed by atoms with E-state index >= 15 is 0 Å². The van der Waals surface area contributed by atoms with Gasteiger partial charge in [0.2, 0.25) is 0 Å². The highest BCUT2D eigenvalue weighted by molar-refractivity contribution is 6.33. The van der Waals surface area contributed by atoms with E-state index in [1.54, 1.807) is 14.0 Å². The summed E-state index contributed by atoms with van der Waals surface area (Å²) in [6.45, 7) is 7.68. The van der Waals surface area contributed by atoms with Crippen LogP contribution in [0.1, 0.15) is 35.1 Å². The highest BCUT2D eigenvalue weighted by atomic mass is 35.5. The van der Waals surface area contributed by atoms with Gasteiger partial charge in [0.15, 0.2) is 5.78 Å². The Balaban J connectivity index is 2.31. The summed E-state index contributed by atoms with van der Waals surface area (Å²) in [4.78, 5) is 12.1. The molecule has 4 nitrogen and oxygen atoms in total. The second-order valence-electron chi connectivity index (χ2n) is 5.54. The number of alkyl halides is 1. The Morgan fingerprint density at radius 3 is 2.80 bits per heavy atom. The van der Waals surface area contributed by atoms with Crippen LogP contribution < -0.4 is 0 Å². The van der Waals surface area contributed by atoms with Gasteiger partial charge >= 0.3 is 0 Å². The maximum atomic E-state index is 12.1. The minimum absolute atomic E-state index is 0.0276. The fourth-order valence-corrected chi connectivity index (χ4v) is 2.85.